The smallest absolute Gasteiger partial charge is 0.0837 e. The number of hydrogen-bond acceptors (Lipinski definition) is 3. The Bertz CT molecular complexity index is 308. The van der Waals surface area contributed by atoms with Gasteiger partial charge in [-0.05, 0) is 11.0 Å². The molecule has 3 heteroatoms. The maximum Gasteiger partial charge on any atom is 0.0837 e. The van der Waals surface area contributed by atoms with E-state index in [0.717, 1.165) is 4.91 Å². The van der Waals surface area contributed by atoms with Crippen molar-refractivity contribution < 1.29 is 5.11 Å². The topological polar surface area (TPSA) is 20.2 Å². The molecule has 13 heavy (non-hydrogen) atoms. The summed E-state index contributed by atoms with van der Waals surface area (Å²) in [4.78, 5) is 1.07. The molecule has 1 aliphatic rings. The summed E-state index contributed by atoms with van der Waals surface area (Å²) in [5.74, 6) is 0. The second kappa shape index (κ2) is 4.22. The highest BCUT2D eigenvalue weighted by atomic mass is 32.2. The summed E-state index contributed by atoms with van der Waals surface area (Å²) in [6.45, 7) is 0.168. The molecule has 0 amide bonds. The van der Waals surface area contributed by atoms with Crippen LogP contribution in [0.4, 0.5) is 0 Å². The average molecular weight is 210 g/mol. The summed E-state index contributed by atoms with van der Waals surface area (Å²) < 4.78 is 0.434. The van der Waals surface area contributed by atoms with Gasteiger partial charge in [0.05, 0.1) is 11.2 Å². The molecule has 1 heterocycles. The van der Waals surface area contributed by atoms with Gasteiger partial charge >= 0.3 is 0 Å². The van der Waals surface area contributed by atoms with Crippen molar-refractivity contribution in [3.8, 4) is 0 Å². The van der Waals surface area contributed by atoms with Gasteiger partial charge in [0.2, 0.25) is 0 Å². The van der Waals surface area contributed by atoms with Crippen LogP contribution in [0.15, 0.2) is 40.6 Å². The highest BCUT2D eigenvalue weighted by Gasteiger charge is 2.19. The van der Waals surface area contributed by atoms with Gasteiger partial charge in [0.15, 0.2) is 0 Å². The lowest BCUT2D eigenvalue weighted by atomic mass is 10.2. The highest BCUT2D eigenvalue weighted by Crippen LogP contribution is 2.50. The summed E-state index contributed by atoms with van der Waals surface area (Å²) in [6.07, 6.45) is 0. The normalized spacial score (nSPS) is 21.6. The van der Waals surface area contributed by atoms with Crippen LogP contribution in [-0.2, 0) is 0 Å². The zero-order chi connectivity index (χ0) is 9.10. The van der Waals surface area contributed by atoms with Crippen molar-refractivity contribution in [1.29, 1.82) is 0 Å². The minimum Gasteiger partial charge on any atom is -0.391 e. The van der Waals surface area contributed by atoms with E-state index in [1.165, 1.54) is 5.56 Å². The number of aliphatic hydroxyl groups is 1. The van der Waals surface area contributed by atoms with Gasteiger partial charge < -0.3 is 5.11 Å². The standard InChI is InChI=1S/C10H10OS2/c11-6-9-7-12-10(13-9)8-4-2-1-3-5-8/h1-5,7,10-11H,6H2. The number of thioether (sulfide) groups is 2. The Hall–Kier alpha value is -0.380. The third kappa shape index (κ3) is 2.10. The first-order valence-electron chi connectivity index (χ1n) is 4.07. The van der Waals surface area contributed by atoms with Crippen LogP contribution < -0.4 is 0 Å². The lowest BCUT2D eigenvalue weighted by Crippen LogP contribution is -1.85. The molecule has 1 aromatic rings. The van der Waals surface area contributed by atoms with Crippen LogP contribution in [0.3, 0.4) is 0 Å². The van der Waals surface area contributed by atoms with Crippen LogP contribution in [-0.4, -0.2) is 11.7 Å². The number of aliphatic hydroxyl groups excluding tert-OH is 1. The molecule has 1 aromatic carbocycles. The summed E-state index contributed by atoms with van der Waals surface area (Å²) >= 11 is 3.51. The van der Waals surface area contributed by atoms with E-state index in [1.807, 2.05) is 23.6 Å². The van der Waals surface area contributed by atoms with Crippen molar-refractivity contribution in [2.24, 2.45) is 0 Å². The Balaban J connectivity index is 2.07. The molecule has 0 saturated carbocycles. The van der Waals surface area contributed by atoms with Crippen LogP contribution >= 0.6 is 23.5 Å². The molecule has 68 valence electrons. The van der Waals surface area contributed by atoms with Crippen molar-refractivity contribution in [2.75, 3.05) is 6.61 Å². The number of benzene rings is 1. The van der Waals surface area contributed by atoms with E-state index in [1.54, 1.807) is 23.5 Å². The molecule has 1 aliphatic heterocycles. The maximum atomic E-state index is 8.93. The van der Waals surface area contributed by atoms with E-state index in [9.17, 15) is 0 Å². The molecule has 1 unspecified atom stereocenters. The molecule has 0 saturated heterocycles. The van der Waals surface area contributed by atoms with Gasteiger partial charge in [0.25, 0.3) is 0 Å². The third-order valence-electron chi connectivity index (χ3n) is 1.81. The van der Waals surface area contributed by atoms with Gasteiger partial charge in [-0.25, -0.2) is 0 Å². The molecule has 1 N–H and O–H groups in total. The lowest BCUT2D eigenvalue weighted by Gasteiger charge is -2.07. The quantitative estimate of drug-likeness (QED) is 0.810. The maximum absolute atomic E-state index is 8.93. The monoisotopic (exact) mass is 210 g/mol. The van der Waals surface area contributed by atoms with E-state index in [-0.39, 0.29) is 6.61 Å². The molecule has 2 rings (SSSR count). The SMILES string of the molecule is OCC1=CSC(c2ccccc2)S1. The van der Waals surface area contributed by atoms with Gasteiger partial charge in [0, 0.05) is 4.91 Å². The fraction of sp³-hybridized carbons (Fsp3) is 0.200. The van der Waals surface area contributed by atoms with Gasteiger partial charge in [-0.3, -0.25) is 0 Å². The first-order valence-corrected chi connectivity index (χ1v) is 5.89. The molecule has 0 aliphatic carbocycles. The fourth-order valence-electron chi connectivity index (χ4n) is 1.16. The number of rotatable bonds is 2. The molecule has 0 spiro atoms. The van der Waals surface area contributed by atoms with E-state index < -0.39 is 0 Å². The van der Waals surface area contributed by atoms with Crippen molar-refractivity contribution in [3.05, 3.63) is 46.2 Å². The number of hydrogen-bond donors (Lipinski definition) is 1. The van der Waals surface area contributed by atoms with E-state index in [2.05, 4.69) is 12.1 Å². The molecule has 1 atom stereocenters. The van der Waals surface area contributed by atoms with Crippen molar-refractivity contribution in [1.82, 2.24) is 0 Å². The van der Waals surface area contributed by atoms with Crippen molar-refractivity contribution in [2.45, 2.75) is 4.58 Å². The van der Waals surface area contributed by atoms with Gasteiger partial charge in [-0.2, -0.15) is 0 Å². The predicted molar refractivity (Wildman–Crippen MR) is 59.5 cm³/mol. The van der Waals surface area contributed by atoms with Crippen LogP contribution in [0.2, 0.25) is 0 Å². The van der Waals surface area contributed by atoms with E-state index >= 15 is 0 Å². The Kier molecular flexibility index (Phi) is 2.98. The summed E-state index contributed by atoms with van der Waals surface area (Å²) in [5, 5.41) is 11.0. The molecule has 0 fully saturated rings. The largest absolute Gasteiger partial charge is 0.391 e. The summed E-state index contributed by atoms with van der Waals surface area (Å²) in [5.41, 5.74) is 1.32. The second-order valence-electron chi connectivity index (χ2n) is 2.74. The zero-order valence-corrected chi connectivity index (χ0v) is 8.65. The highest BCUT2D eigenvalue weighted by molar-refractivity contribution is 8.22. The minimum absolute atomic E-state index is 0.168. The zero-order valence-electron chi connectivity index (χ0n) is 7.01. The van der Waals surface area contributed by atoms with Crippen LogP contribution in [0, 0.1) is 0 Å². The average Bonchev–Trinajstić information content (AvgIpc) is 2.67. The third-order valence-corrected chi connectivity index (χ3v) is 4.56. The Morgan fingerprint density at radius 2 is 2.00 bits per heavy atom. The molecule has 0 radical (unpaired) electrons. The van der Waals surface area contributed by atoms with Crippen molar-refractivity contribution in [3.63, 3.8) is 0 Å². The van der Waals surface area contributed by atoms with Crippen LogP contribution in [0.1, 0.15) is 10.1 Å². The summed E-state index contributed by atoms with van der Waals surface area (Å²) in [6, 6.07) is 10.4. The van der Waals surface area contributed by atoms with Gasteiger partial charge in [0.1, 0.15) is 0 Å². The predicted octanol–water partition coefficient (Wildman–Crippen LogP) is 3.00. The molecule has 1 nitrogen and oxygen atoms in total. The second-order valence-corrected chi connectivity index (χ2v) is 5.25. The molecule has 0 bridgehead atoms. The van der Waals surface area contributed by atoms with Crippen LogP contribution in [0.25, 0.3) is 0 Å². The molecular weight excluding hydrogens is 200 g/mol. The van der Waals surface area contributed by atoms with E-state index in [0.29, 0.717) is 4.58 Å². The Morgan fingerprint density at radius 1 is 1.23 bits per heavy atom. The molecular formula is C10H10OS2. The molecule has 0 aromatic heterocycles. The first kappa shape index (κ1) is 9.19. The summed E-state index contributed by atoms with van der Waals surface area (Å²) in [7, 11) is 0. The van der Waals surface area contributed by atoms with E-state index in [4.69, 9.17) is 5.11 Å². The lowest BCUT2D eigenvalue weighted by molar-refractivity contribution is 0.340. The Morgan fingerprint density at radius 3 is 2.62 bits per heavy atom. The Labute approximate surface area is 86.2 Å². The van der Waals surface area contributed by atoms with Crippen molar-refractivity contribution >= 4 is 23.5 Å². The van der Waals surface area contributed by atoms with Gasteiger partial charge in [-0.1, -0.05) is 30.3 Å². The van der Waals surface area contributed by atoms with Gasteiger partial charge in [-0.15, -0.1) is 23.5 Å². The first-order chi connectivity index (χ1) is 6.40. The fourth-order valence-corrected chi connectivity index (χ4v) is 3.62. The van der Waals surface area contributed by atoms with Crippen LogP contribution in [0.5, 0.6) is 0 Å². The minimum atomic E-state index is 0.168.